The number of hydrogen-bond donors (Lipinski definition) is 3. The van der Waals surface area contributed by atoms with E-state index in [0.29, 0.717) is 6.42 Å². The van der Waals surface area contributed by atoms with Gasteiger partial charge in [-0.05, 0) is 37.7 Å². The standard InChI is InChI=1S/C14H21O6PS/c15-21(16,17)14(22(18,19)20)12-8-3-1-2-5-9-13-10-6-4-7-11-13/h1-2,4,6-7,10-11,14H,3,5,8-9,12H2,(H2,15,16,17)(H,18,19,20)/b2-1+. The molecule has 0 aliphatic rings. The number of hydrogen-bond acceptors (Lipinski definition) is 3. The summed E-state index contributed by atoms with van der Waals surface area (Å²) >= 11 is 0. The van der Waals surface area contributed by atoms with Gasteiger partial charge in [0, 0.05) is 0 Å². The summed E-state index contributed by atoms with van der Waals surface area (Å²) in [6.45, 7) is 0. The van der Waals surface area contributed by atoms with Crippen molar-refractivity contribution < 1.29 is 27.3 Å². The highest BCUT2D eigenvalue weighted by atomic mass is 32.2. The molecule has 3 N–H and O–H groups in total. The summed E-state index contributed by atoms with van der Waals surface area (Å²) in [6.07, 6.45) is 6.04. The molecule has 0 saturated carbocycles. The van der Waals surface area contributed by atoms with Crippen LogP contribution in [-0.4, -0.2) is 27.7 Å². The second-order valence-corrected chi connectivity index (χ2v) is 8.74. The Morgan fingerprint density at radius 1 is 1.09 bits per heavy atom. The van der Waals surface area contributed by atoms with Crippen molar-refractivity contribution in [1.82, 2.24) is 0 Å². The van der Waals surface area contributed by atoms with Gasteiger partial charge in [-0.3, -0.25) is 9.12 Å². The van der Waals surface area contributed by atoms with Crippen LogP contribution >= 0.6 is 7.60 Å². The number of allylic oxidation sites excluding steroid dienone is 2. The van der Waals surface area contributed by atoms with Crippen LogP contribution in [0.3, 0.4) is 0 Å². The molecule has 124 valence electrons. The molecule has 0 aliphatic heterocycles. The van der Waals surface area contributed by atoms with Gasteiger partial charge in [-0.15, -0.1) is 0 Å². The molecule has 1 aromatic carbocycles. The normalized spacial score (nSPS) is 14.3. The van der Waals surface area contributed by atoms with E-state index in [9.17, 15) is 13.0 Å². The predicted molar refractivity (Wildman–Crippen MR) is 85.1 cm³/mol. The fourth-order valence-corrected chi connectivity index (χ4v) is 4.40. The van der Waals surface area contributed by atoms with Crippen molar-refractivity contribution in [2.75, 3.05) is 0 Å². The van der Waals surface area contributed by atoms with Crippen LogP contribution in [0.4, 0.5) is 0 Å². The number of aryl methyl sites for hydroxylation is 1. The first-order chi connectivity index (χ1) is 10.2. The first-order valence-electron chi connectivity index (χ1n) is 6.91. The monoisotopic (exact) mass is 348 g/mol. The molecule has 1 atom stereocenters. The molecule has 22 heavy (non-hydrogen) atoms. The van der Waals surface area contributed by atoms with Crippen molar-refractivity contribution in [3.63, 3.8) is 0 Å². The minimum Gasteiger partial charge on any atom is -0.323 e. The van der Waals surface area contributed by atoms with Crippen LogP contribution in [0.25, 0.3) is 0 Å². The highest BCUT2D eigenvalue weighted by Gasteiger charge is 2.38. The Morgan fingerprint density at radius 3 is 2.23 bits per heavy atom. The second kappa shape index (κ2) is 8.60. The fraction of sp³-hybridized carbons (Fsp3) is 0.429. The van der Waals surface area contributed by atoms with Gasteiger partial charge in [0.05, 0.1) is 0 Å². The smallest absolute Gasteiger partial charge is 0.323 e. The molecule has 0 radical (unpaired) electrons. The van der Waals surface area contributed by atoms with E-state index in [1.807, 2.05) is 42.5 Å². The molecule has 1 aromatic rings. The Kier molecular flexibility index (Phi) is 7.45. The summed E-state index contributed by atoms with van der Waals surface area (Å²) in [6, 6.07) is 9.95. The fourth-order valence-electron chi connectivity index (χ4n) is 2.03. The lowest BCUT2D eigenvalue weighted by atomic mass is 10.1. The Morgan fingerprint density at radius 2 is 1.68 bits per heavy atom. The van der Waals surface area contributed by atoms with Crippen LogP contribution < -0.4 is 0 Å². The van der Waals surface area contributed by atoms with E-state index in [2.05, 4.69) is 0 Å². The van der Waals surface area contributed by atoms with Crippen LogP contribution in [0.5, 0.6) is 0 Å². The molecule has 1 rings (SSSR count). The molecule has 1 unspecified atom stereocenters. The van der Waals surface area contributed by atoms with E-state index in [0.717, 1.165) is 12.8 Å². The molecule has 0 fully saturated rings. The Labute approximate surface area is 130 Å². The maximum Gasteiger partial charge on any atom is 0.346 e. The molecule has 0 aliphatic carbocycles. The second-order valence-electron chi connectivity index (χ2n) is 4.99. The summed E-state index contributed by atoms with van der Waals surface area (Å²) < 4.78 is 41.8. The molecule has 6 nitrogen and oxygen atoms in total. The number of rotatable bonds is 9. The summed E-state index contributed by atoms with van der Waals surface area (Å²) in [5.74, 6) is 0. The Hall–Kier alpha value is -0.980. The minimum atomic E-state index is -4.86. The summed E-state index contributed by atoms with van der Waals surface area (Å²) in [7, 11) is -9.60. The first-order valence-corrected chi connectivity index (χ1v) is 10.1. The zero-order valence-electron chi connectivity index (χ0n) is 12.1. The molecule has 8 heteroatoms. The third kappa shape index (κ3) is 7.33. The van der Waals surface area contributed by atoms with E-state index >= 15 is 0 Å². The largest absolute Gasteiger partial charge is 0.346 e. The zero-order valence-corrected chi connectivity index (χ0v) is 13.8. The Bertz CT molecular complexity index is 620. The number of benzene rings is 1. The predicted octanol–water partition coefficient (Wildman–Crippen LogP) is 2.74. The van der Waals surface area contributed by atoms with Crippen LogP contribution in [0, 0.1) is 0 Å². The van der Waals surface area contributed by atoms with E-state index in [1.54, 1.807) is 0 Å². The summed E-state index contributed by atoms with van der Waals surface area (Å²) in [4.78, 5) is 15.8. The van der Waals surface area contributed by atoms with Gasteiger partial charge >= 0.3 is 7.60 Å². The van der Waals surface area contributed by atoms with Gasteiger partial charge < -0.3 is 9.79 Å². The maximum atomic E-state index is 11.0. The van der Waals surface area contributed by atoms with Crippen LogP contribution in [-0.2, 0) is 21.1 Å². The molecule has 0 heterocycles. The topological polar surface area (TPSA) is 112 Å². The van der Waals surface area contributed by atoms with Gasteiger partial charge in [0.2, 0.25) is 0 Å². The zero-order chi connectivity index (χ0) is 16.6. The van der Waals surface area contributed by atoms with Gasteiger partial charge in [-0.25, -0.2) is 0 Å². The summed E-state index contributed by atoms with van der Waals surface area (Å²) in [5.41, 5.74) is 1.22. The highest BCUT2D eigenvalue weighted by molar-refractivity contribution is 7.93. The molecule has 0 spiro atoms. The van der Waals surface area contributed by atoms with E-state index < -0.39 is 22.7 Å². The molecular weight excluding hydrogens is 327 g/mol. The van der Waals surface area contributed by atoms with Crippen LogP contribution in [0.15, 0.2) is 42.5 Å². The molecule has 0 aromatic heterocycles. The highest BCUT2D eigenvalue weighted by Crippen LogP contribution is 2.46. The van der Waals surface area contributed by atoms with Crippen molar-refractivity contribution in [2.45, 2.75) is 37.1 Å². The molecule has 0 bridgehead atoms. The number of unbranched alkanes of at least 4 members (excludes halogenated alkanes) is 1. The van der Waals surface area contributed by atoms with Crippen LogP contribution in [0.2, 0.25) is 0 Å². The van der Waals surface area contributed by atoms with Crippen LogP contribution in [0.1, 0.15) is 31.2 Å². The Balaban J connectivity index is 2.32. The van der Waals surface area contributed by atoms with Gasteiger partial charge in [0.15, 0.2) is 4.99 Å². The maximum absolute atomic E-state index is 11.0. The summed E-state index contributed by atoms with van der Waals surface area (Å²) in [5, 5.41) is 0. The van der Waals surface area contributed by atoms with Crippen molar-refractivity contribution in [2.24, 2.45) is 0 Å². The lowest BCUT2D eigenvalue weighted by molar-refractivity contribution is 0.360. The molecule has 0 amide bonds. The van der Waals surface area contributed by atoms with Gasteiger partial charge in [-0.2, -0.15) is 8.42 Å². The van der Waals surface area contributed by atoms with Crippen molar-refractivity contribution >= 4 is 17.7 Å². The first kappa shape index (κ1) is 19.1. The molecular formula is C14H21O6PS. The van der Waals surface area contributed by atoms with Gasteiger partial charge in [0.1, 0.15) is 0 Å². The third-order valence-corrected chi connectivity index (χ3v) is 6.70. The lowest BCUT2D eigenvalue weighted by Gasteiger charge is -2.14. The van der Waals surface area contributed by atoms with E-state index in [1.165, 1.54) is 5.56 Å². The average Bonchev–Trinajstić information content (AvgIpc) is 2.40. The third-order valence-electron chi connectivity index (χ3n) is 3.15. The SMILES string of the molecule is O=P(O)(O)C(CCC/C=C/CCc1ccccc1)S(=O)(=O)O. The van der Waals surface area contributed by atoms with Crippen molar-refractivity contribution in [3.05, 3.63) is 48.0 Å². The average molecular weight is 348 g/mol. The van der Waals surface area contributed by atoms with Gasteiger partial charge in [-0.1, -0.05) is 42.5 Å². The van der Waals surface area contributed by atoms with E-state index in [-0.39, 0.29) is 12.8 Å². The van der Waals surface area contributed by atoms with Crippen molar-refractivity contribution in [3.8, 4) is 0 Å². The van der Waals surface area contributed by atoms with Crippen molar-refractivity contribution in [1.29, 1.82) is 0 Å². The quantitative estimate of drug-likeness (QED) is 0.274. The molecule has 0 saturated heterocycles. The van der Waals surface area contributed by atoms with Gasteiger partial charge in [0.25, 0.3) is 10.1 Å². The minimum absolute atomic E-state index is 0.272. The van der Waals surface area contributed by atoms with E-state index in [4.69, 9.17) is 14.3 Å². The lowest BCUT2D eigenvalue weighted by Crippen LogP contribution is -2.20.